The second kappa shape index (κ2) is 4.21. The first-order chi connectivity index (χ1) is 9.40. The van der Waals surface area contributed by atoms with E-state index in [1.165, 1.54) is 0 Å². The van der Waals surface area contributed by atoms with Crippen molar-refractivity contribution in [2.75, 3.05) is 7.11 Å². The molecule has 3 rings (SSSR count). The summed E-state index contributed by atoms with van der Waals surface area (Å²) in [5.41, 5.74) is 2.02. The van der Waals surface area contributed by atoms with Gasteiger partial charge in [-0.05, 0) is 53.5 Å². The average Bonchev–Trinajstić information content (AvgIpc) is 2.74. The molecule has 2 bridgehead atoms. The summed E-state index contributed by atoms with van der Waals surface area (Å²) in [5.74, 6) is 1.61. The lowest BCUT2D eigenvalue weighted by atomic mass is 9.70. The third-order valence-corrected chi connectivity index (χ3v) is 5.80. The monoisotopic (exact) mass is 270 g/mol. The van der Waals surface area contributed by atoms with E-state index in [9.17, 15) is 4.79 Å². The number of rotatable bonds is 2. The van der Waals surface area contributed by atoms with E-state index >= 15 is 0 Å². The predicted octanol–water partition coefficient (Wildman–Crippen LogP) is 4.10. The van der Waals surface area contributed by atoms with E-state index < -0.39 is 0 Å². The Morgan fingerprint density at radius 3 is 2.35 bits per heavy atom. The van der Waals surface area contributed by atoms with Gasteiger partial charge in [0.15, 0.2) is 5.78 Å². The zero-order valence-corrected chi connectivity index (χ0v) is 12.7. The van der Waals surface area contributed by atoms with Crippen molar-refractivity contribution in [2.45, 2.75) is 33.6 Å². The Kier molecular flexibility index (Phi) is 2.82. The zero-order chi connectivity index (χ0) is 14.5. The van der Waals surface area contributed by atoms with Gasteiger partial charge in [-0.15, -0.1) is 0 Å². The number of carbonyl (C=O) groups is 1. The van der Waals surface area contributed by atoms with Crippen LogP contribution in [-0.4, -0.2) is 12.9 Å². The number of ether oxygens (including phenoxy) is 1. The highest BCUT2D eigenvalue weighted by Crippen LogP contribution is 2.65. The molecule has 0 spiro atoms. The highest BCUT2D eigenvalue weighted by molar-refractivity contribution is 6.07. The van der Waals surface area contributed by atoms with Crippen LogP contribution in [0.3, 0.4) is 0 Å². The second-order valence-corrected chi connectivity index (χ2v) is 6.85. The number of Topliss-reactive ketones (excluding diaryl/α,β-unsaturated/α-hetero) is 1. The molecule has 2 unspecified atom stereocenters. The van der Waals surface area contributed by atoms with Gasteiger partial charge >= 0.3 is 0 Å². The molecule has 0 aromatic heterocycles. The Hall–Kier alpha value is -1.57. The normalized spacial score (nSPS) is 32.9. The molecule has 0 aliphatic heterocycles. The fourth-order valence-corrected chi connectivity index (χ4v) is 3.97. The van der Waals surface area contributed by atoms with Crippen molar-refractivity contribution >= 4 is 11.9 Å². The number of carbonyl (C=O) groups excluding carboxylic acids is 1. The lowest BCUT2D eigenvalue weighted by Crippen LogP contribution is -2.32. The van der Waals surface area contributed by atoms with Gasteiger partial charge in [0, 0.05) is 5.41 Å². The van der Waals surface area contributed by atoms with Gasteiger partial charge in [-0.1, -0.05) is 32.9 Å². The summed E-state index contributed by atoms with van der Waals surface area (Å²) in [6.07, 6.45) is 4.25. The number of allylic oxidation sites excluding steroid dienone is 1. The van der Waals surface area contributed by atoms with E-state index in [1.807, 2.05) is 24.3 Å². The summed E-state index contributed by atoms with van der Waals surface area (Å²) in [4.78, 5) is 12.7. The smallest absolute Gasteiger partial charge is 0.165 e. The number of ketones is 1. The zero-order valence-electron chi connectivity index (χ0n) is 12.7. The molecule has 2 nitrogen and oxygen atoms in total. The number of benzene rings is 1. The Morgan fingerprint density at radius 2 is 1.85 bits per heavy atom. The molecular formula is C18H22O2. The first-order valence-corrected chi connectivity index (χ1v) is 7.30. The maximum atomic E-state index is 12.7. The van der Waals surface area contributed by atoms with E-state index in [0.717, 1.165) is 29.7 Å². The topological polar surface area (TPSA) is 26.3 Å². The number of hydrogen-bond donors (Lipinski definition) is 0. The standard InChI is InChI=1S/C18H22O2/c1-17(2)15-9-10-18(17,3)16(19)14(15)11-12-5-7-13(20-4)8-6-12/h5-8,11,15H,9-10H2,1-4H3/b14-11+. The largest absolute Gasteiger partial charge is 0.497 e. The van der Waals surface area contributed by atoms with Crippen LogP contribution in [0, 0.1) is 16.7 Å². The van der Waals surface area contributed by atoms with Crippen LogP contribution in [0.2, 0.25) is 0 Å². The summed E-state index contributed by atoms with van der Waals surface area (Å²) < 4.78 is 5.17. The van der Waals surface area contributed by atoms with Gasteiger partial charge in [0.05, 0.1) is 7.11 Å². The minimum Gasteiger partial charge on any atom is -0.497 e. The highest BCUT2D eigenvalue weighted by atomic mass is 16.5. The van der Waals surface area contributed by atoms with Gasteiger partial charge in [-0.25, -0.2) is 0 Å². The molecule has 0 N–H and O–H groups in total. The van der Waals surface area contributed by atoms with Crippen LogP contribution in [0.15, 0.2) is 29.8 Å². The number of fused-ring (bicyclic) bond motifs is 2. The Labute approximate surface area is 120 Å². The van der Waals surface area contributed by atoms with Gasteiger partial charge in [-0.2, -0.15) is 0 Å². The molecule has 1 aromatic carbocycles. The van der Waals surface area contributed by atoms with Crippen LogP contribution < -0.4 is 4.74 Å². The number of hydrogen-bond acceptors (Lipinski definition) is 2. The maximum Gasteiger partial charge on any atom is 0.165 e. The second-order valence-electron chi connectivity index (χ2n) is 6.85. The first kappa shape index (κ1) is 13.4. The molecule has 0 heterocycles. The summed E-state index contributed by atoms with van der Waals surface area (Å²) in [7, 11) is 1.66. The van der Waals surface area contributed by atoms with E-state index in [2.05, 4.69) is 26.8 Å². The predicted molar refractivity (Wildman–Crippen MR) is 80.6 cm³/mol. The van der Waals surface area contributed by atoms with Crippen molar-refractivity contribution in [3.63, 3.8) is 0 Å². The van der Waals surface area contributed by atoms with Crippen LogP contribution in [-0.2, 0) is 4.79 Å². The van der Waals surface area contributed by atoms with Crippen LogP contribution in [0.4, 0.5) is 0 Å². The third kappa shape index (κ3) is 1.60. The van der Waals surface area contributed by atoms with Crippen molar-refractivity contribution in [3.8, 4) is 5.75 Å². The molecule has 1 aromatic rings. The molecular weight excluding hydrogens is 248 g/mol. The van der Waals surface area contributed by atoms with Gasteiger partial charge in [0.25, 0.3) is 0 Å². The molecule has 2 aliphatic carbocycles. The first-order valence-electron chi connectivity index (χ1n) is 7.30. The molecule has 2 saturated carbocycles. The van der Waals surface area contributed by atoms with Crippen molar-refractivity contribution in [1.29, 1.82) is 0 Å². The molecule has 0 amide bonds. The van der Waals surface area contributed by atoms with Crippen LogP contribution in [0.5, 0.6) is 5.75 Å². The Morgan fingerprint density at radius 1 is 1.20 bits per heavy atom. The molecule has 2 aliphatic rings. The summed E-state index contributed by atoms with van der Waals surface area (Å²) in [6, 6.07) is 7.91. The van der Waals surface area contributed by atoms with E-state index in [0.29, 0.717) is 11.7 Å². The summed E-state index contributed by atoms with van der Waals surface area (Å²) in [6.45, 7) is 6.64. The molecule has 20 heavy (non-hydrogen) atoms. The average molecular weight is 270 g/mol. The Balaban J connectivity index is 1.99. The molecule has 2 fully saturated rings. The fourth-order valence-electron chi connectivity index (χ4n) is 3.97. The van der Waals surface area contributed by atoms with Crippen LogP contribution in [0.1, 0.15) is 39.2 Å². The van der Waals surface area contributed by atoms with Crippen molar-refractivity contribution < 1.29 is 9.53 Å². The fraction of sp³-hybridized carbons (Fsp3) is 0.500. The quantitative estimate of drug-likeness (QED) is 0.756. The number of methoxy groups -OCH3 is 1. The van der Waals surface area contributed by atoms with E-state index in [-0.39, 0.29) is 10.8 Å². The molecule has 0 saturated heterocycles. The van der Waals surface area contributed by atoms with E-state index in [4.69, 9.17) is 4.74 Å². The molecule has 0 radical (unpaired) electrons. The van der Waals surface area contributed by atoms with Crippen molar-refractivity contribution in [3.05, 3.63) is 35.4 Å². The van der Waals surface area contributed by atoms with Crippen LogP contribution in [0.25, 0.3) is 6.08 Å². The lowest BCUT2D eigenvalue weighted by molar-refractivity contribution is -0.125. The van der Waals surface area contributed by atoms with Gasteiger partial charge < -0.3 is 4.74 Å². The summed E-state index contributed by atoms with van der Waals surface area (Å²) in [5, 5.41) is 0. The molecule has 2 atom stereocenters. The lowest BCUT2D eigenvalue weighted by Gasteiger charge is -2.31. The highest BCUT2D eigenvalue weighted by Gasteiger charge is 2.63. The van der Waals surface area contributed by atoms with Gasteiger partial charge in [0.1, 0.15) is 5.75 Å². The Bertz CT molecular complexity index is 580. The van der Waals surface area contributed by atoms with E-state index in [1.54, 1.807) is 7.11 Å². The van der Waals surface area contributed by atoms with Crippen molar-refractivity contribution in [1.82, 2.24) is 0 Å². The van der Waals surface area contributed by atoms with Crippen molar-refractivity contribution in [2.24, 2.45) is 16.7 Å². The SMILES string of the molecule is COc1ccc(/C=C2/C(=O)C3(C)CCC2C3(C)C)cc1. The maximum absolute atomic E-state index is 12.7. The van der Waals surface area contributed by atoms with Gasteiger partial charge in [0.2, 0.25) is 0 Å². The summed E-state index contributed by atoms with van der Waals surface area (Å²) >= 11 is 0. The molecule has 2 heteroatoms. The van der Waals surface area contributed by atoms with Gasteiger partial charge in [-0.3, -0.25) is 4.79 Å². The minimum atomic E-state index is -0.171. The molecule has 106 valence electrons. The minimum absolute atomic E-state index is 0.0857. The third-order valence-electron chi connectivity index (χ3n) is 5.80. The van der Waals surface area contributed by atoms with Crippen LogP contribution >= 0.6 is 0 Å².